The van der Waals surface area contributed by atoms with E-state index in [4.69, 9.17) is 4.99 Å². The molecule has 2 heterocycles. The lowest BCUT2D eigenvalue weighted by molar-refractivity contribution is -0.0130. The van der Waals surface area contributed by atoms with Crippen molar-refractivity contribution < 1.29 is 0 Å². The van der Waals surface area contributed by atoms with Crippen LogP contribution in [0.15, 0.2) is 40.2 Å². The Morgan fingerprint density at radius 2 is 1.71 bits per heavy atom. The molecule has 0 aromatic carbocycles. The van der Waals surface area contributed by atoms with Gasteiger partial charge >= 0.3 is 0 Å². The topological polar surface area (TPSA) is 40.2 Å². The molecule has 4 saturated carbocycles. The fraction of sp³-hybridized carbons (Fsp3) is 0.640. The normalized spacial score (nSPS) is 35.4. The summed E-state index contributed by atoms with van der Waals surface area (Å²) in [5, 5.41) is 3.91. The lowest BCUT2D eigenvalue weighted by atomic mass is 9.53. The molecule has 0 spiro atoms. The average molecular weight is 378 g/mol. The Balaban J connectivity index is 1.36. The summed E-state index contributed by atoms with van der Waals surface area (Å²) in [4.78, 5) is 8.64. The molecule has 3 nitrogen and oxygen atoms in total. The molecule has 0 atom stereocenters. The second kappa shape index (κ2) is 6.64. The Kier molecular flexibility index (Phi) is 4.33. The van der Waals surface area contributed by atoms with E-state index in [2.05, 4.69) is 56.3 Å². The van der Waals surface area contributed by atoms with E-state index < -0.39 is 0 Å². The molecule has 1 aromatic heterocycles. The molecule has 4 fully saturated rings. The van der Waals surface area contributed by atoms with E-state index in [1.54, 1.807) is 0 Å². The quantitative estimate of drug-likeness (QED) is 0.673. The first-order valence-electron chi connectivity index (χ1n) is 11.3. The zero-order valence-electron chi connectivity index (χ0n) is 17.9. The zero-order valence-corrected chi connectivity index (χ0v) is 17.9. The van der Waals surface area contributed by atoms with Crippen LogP contribution in [0.25, 0.3) is 0 Å². The summed E-state index contributed by atoms with van der Waals surface area (Å²) in [5.74, 6) is 3.57. The van der Waals surface area contributed by atoms with Crippen LogP contribution in [-0.2, 0) is 6.42 Å². The third kappa shape index (κ3) is 3.17. The van der Waals surface area contributed by atoms with E-state index >= 15 is 0 Å². The first-order valence-corrected chi connectivity index (χ1v) is 11.3. The summed E-state index contributed by atoms with van der Waals surface area (Å²) >= 11 is 0. The molecule has 3 heteroatoms. The van der Waals surface area contributed by atoms with E-state index in [1.807, 2.05) is 0 Å². The van der Waals surface area contributed by atoms with Crippen LogP contribution in [0, 0.1) is 23.7 Å². The van der Waals surface area contributed by atoms with Crippen LogP contribution in [0.3, 0.4) is 0 Å². The highest BCUT2D eigenvalue weighted by atomic mass is 15.0. The Bertz CT molecular complexity index is 829. The van der Waals surface area contributed by atoms with Crippen molar-refractivity contribution in [2.45, 2.75) is 78.2 Å². The standard InChI is InChI=1S/C25H35N3/c1-15(2)7-21-5-6-22(27-21)24-17(4)16(3)23(28-24)14-26-25-11-18-8-19(12-25)10-20(9-18)13-25/h5-6,14-15,18-20,26-27H,7-13H2,1-4H3/b23-14+. The van der Waals surface area contributed by atoms with Gasteiger partial charge in [-0.25, -0.2) is 4.99 Å². The van der Waals surface area contributed by atoms with Crippen molar-refractivity contribution >= 4 is 5.71 Å². The van der Waals surface area contributed by atoms with Gasteiger partial charge in [0, 0.05) is 17.4 Å². The Labute approximate surface area is 169 Å². The number of hydrogen-bond acceptors (Lipinski definition) is 2. The largest absolute Gasteiger partial charge is 0.384 e. The minimum Gasteiger partial charge on any atom is -0.384 e. The predicted molar refractivity (Wildman–Crippen MR) is 116 cm³/mol. The van der Waals surface area contributed by atoms with Crippen LogP contribution in [0.4, 0.5) is 0 Å². The third-order valence-electron chi connectivity index (χ3n) is 7.72. The van der Waals surface area contributed by atoms with E-state index in [0.29, 0.717) is 11.5 Å². The van der Waals surface area contributed by atoms with Crippen molar-refractivity contribution in [1.29, 1.82) is 0 Å². The number of nitrogens with zero attached hydrogens (tertiary/aromatic N) is 1. The van der Waals surface area contributed by atoms with Crippen molar-refractivity contribution in [2.75, 3.05) is 0 Å². The van der Waals surface area contributed by atoms with Gasteiger partial charge in [0.15, 0.2) is 0 Å². The van der Waals surface area contributed by atoms with Crippen LogP contribution in [0.2, 0.25) is 0 Å². The van der Waals surface area contributed by atoms with Gasteiger partial charge in [-0.2, -0.15) is 0 Å². The summed E-state index contributed by atoms with van der Waals surface area (Å²) < 4.78 is 0. The van der Waals surface area contributed by atoms with Crippen LogP contribution in [-0.4, -0.2) is 16.2 Å². The Morgan fingerprint density at radius 3 is 2.32 bits per heavy atom. The molecule has 4 bridgehead atoms. The molecule has 1 aromatic rings. The van der Waals surface area contributed by atoms with Gasteiger partial charge in [0.1, 0.15) is 0 Å². The number of H-pyrrole nitrogens is 1. The highest BCUT2D eigenvalue weighted by Crippen LogP contribution is 2.55. The summed E-state index contributed by atoms with van der Waals surface area (Å²) in [6.45, 7) is 8.96. The second-order valence-corrected chi connectivity index (χ2v) is 10.6. The molecule has 0 unspecified atom stereocenters. The molecule has 4 aliphatic carbocycles. The maximum Gasteiger partial charge on any atom is 0.0904 e. The lowest BCUT2D eigenvalue weighted by Gasteiger charge is -2.57. The first kappa shape index (κ1) is 18.3. The van der Waals surface area contributed by atoms with Crippen molar-refractivity contribution in [1.82, 2.24) is 10.3 Å². The van der Waals surface area contributed by atoms with Crippen LogP contribution >= 0.6 is 0 Å². The molecule has 5 aliphatic rings. The van der Waals surface area contributed by atoms with Gasteiger partial charge in [-0.15, -0.1) is 0 Å². The Morgan fingerprint density at radius 1 is 1.07 bits per heavy atom. The van der Waals surface area contributed by atoms with Gasteiger partial charge < -0.3 is 10.3 Å². The van der Waals surface area contributed by atoms with Crippen LogP contribution in [0.5, 0.6) is 0 Å². The predicted octanol–water partition coefficient (Wildman–Crippen LogP) is 5.75. The molecule has 28 heavy (non-hydrogen) atoms. The van der Waals surface area contributed by atoms with Gasteiger partial charge in [-0.3, -0.25) is 0 Å². The number of aromatic nitrogens is 1. The highest BCUT2D eigenvalue weighted by Gasteiger charge is 2.50. The van der Waals surface area contributed by atoms with Gasteiger partial charge in [-0.05, 0) is 106 Å². The van der Waals surface area contributed by atoms with E-state index in [0.717, 1.165) is 41.3 Å². The summed E-state index contributed by atoms with van der Waals surface area (Å²) in [5.41, 5.74) is 7.68. The van der Waals surface area contributed by atoms with Gasteiger partial charge in [0.25, 0.3) is 0 Å². The van der Waals surface area contributed by atoms with E-state index in [-0.39, 0.29) is 0 Å². The maximum absolute atomic E-state index is 5.04. The smallest absolute Gasteiger partial charge is 0.0904 e. The molecule has 6 rings (SSSR count). The molecule has 0 radical (unpaired) electrons. The fourth-order valence-corrected chi connectivity index (χ4v) is 6.71. The van der Waals surface area contributed by atoms with E-state index in [9.17, 15) is 0 Å². The average Bonchev–Trinajstić information content (AvgIpc) is 3.17. The molecular formula is C25H35N3. The fourth-order valence-electron chi connectivity index (χ4n) is 6.71. The van der Waals surface area contributed by atoms with E-state index in [1.165, 1.54) is 55.4 Å². The highest BCUT2D eigenvalue weighted by molar-refractivity contribution is 6.14. The summed E-state index contributed by atoms with van der Waals surface area (Å²) in [7, 11) is 0. The van der Waals surface area contributed by atoms with Gasteiger partial charge in [0.2, 0.25) is 0 Å². The number of hydrogen-bond donors (Lipinski definition) is 2. The SMILES string of the molecule is CC1=C(C)/C(=C\NC23CC4CC(CC(C4)C2)C3)N=C1c1ccc(CC(C)C)[nH]1. The molecule has 0 saturated heterocycles. The lowest BCUT2D eigenvalue weighted by Crippen LogP contribution is -2.57. The summed E-state index contributed by atoms with van der Waals surface area (Å²) in [6, 6.07) is 4.42. The monoisotopic (exact) mass is 377 g/mol. The molecular weight excluding hydrogens is 342 g/mol. The van der Waals surface area contributed by atoms with Gasteiger partial charge in [0.05, 0.1) is 17.1 Å². The van der Waals surface area contributed by atoms with Crippen molar-refractivity contribution in [3.63, 3.8) is 0 Å². The number of nitrogens with one attached hydrogen (secondary N) is 2. The third-order valence-corrected chi connectivity index (χ3v) is 7.72. The number of aromatic amines is 1. The summed E-state index contributed by atoms with van der Waals surface area (Å²) in [6.07, 6.45) is 11.9. The zero-order chi connectivity index (χ0) is 19.5. The molecule has 2 N–H and O–H groups in total. The van der Waals surface area contributed by atoms with Crippen LogP contribution < -0.4 is 5.32 Å². The minimum atomic E-state index is 0.352. The van der Waals surface area contributed by atoms with Gasteiger partial charge in [-0.1, -0.05) is 13.8 Å². The second-order valence-electron chi connectivity index (χ2n) is 10.6. The first-order chi connectivity index (χ1) is 13.4. The molecule has 150 valence electrons. The van der Waals surface area contributed by atoms with Crippen molar-refractivity contribution in [3.8, 4) is 0 Å². The number of allylic oxidation sites excluding steroid dienone is 2. The molecule has 1 aliphatic heterocycles. The number of rotatable bonds is 5. The maximum atomic E-state index is 5.04. The minimum absolute atomic E-state index is 0.352. The van der Waals surface area contributed by atoms with Crippen molar-refractivity contribution in [3.05, 3.63) is 46.6 Å². The number of aliphatic imine (C=N–C) groups is 1. The van der Waals surface area contributed by atoms with Crippen molar-refractivity contribution in [2.24, 2.45) is 28.7 Å². The van der Waals surface area contributed by atoms with Crippen LogP contribution in [0.1, 0.15) is 77.6 Å². The molecule has 0 amide bonds. The Hall–Kier alpha value is -1.77.